The van der Waals surface area contributed by atoms with Crippen LogP contribution < -0.4 is 29.1 Å². The lowest BCUT2D eigenvalue weighted by atomic mass is 9.93. The average Bonchev–Trinajstić information content (AvgIpc) is 3.68. The van der Waals surface area contributed by atoms with Gasteiger partial charge in [-0.2, -0.15) is 0 Å². The molecule has 0 fully saturated rings. The van der Waals surface area contributed by atoms with Crippen molar-refractivity contribution >= 4 is 29.1 Å². The summed E-state index contributed by atoms with van der Waals surface area (Å²) >= 11 is 1.22. The molecule has 0 unspecified atom stereocenters. The SMILES string of the molecule is CCOC(=O)C1=C(c2ccccc2)N=c2s/c(=C\c3ccccc3OCc3ccc(F)cc3)c(=O)n2[C@@H]1c1ccc2c(c1)OCO2. The van der Waals surface area contributed by atoms with E-state index in [1.807, 2.05) is 60.7 Å². The number of hydrogen-bond acceptors (Lipinski definition) is 8. The van der Waals surface area contributed by atoms with E-state index < -0.39 is 12.0 Å². The summed E-state index contributed by atoms with van der Waals surface area (Å²) in [6.07, 6.45) is 1.76. The molecular formula is C36H27FN2O6S. The number of esters is 1. The minimum atomic E-state index is -0.855. The molecule has 230 valence electrons. The predicted molar refractivity (Wildman–Crippen MR) is 171 cm³/mol. The molecule has 2 aliphatic rings. The quantitative estimate of drug-likeness (QED) is 0.213. The molecule has 46 heavy (non-hydrogen) atoms. The second-order valence-corrected chi connectivity index (χ2v) is 11.5. The molecule has 2 aliphatic heterocycles. The van der Waals surface area contributed by atoms with Crippen LogP contribution in [-0.2, 0) is 16.1 Å². The zero-order valence-electron chi connectivity index (χ0n) is 24.6. The van der Waals surface area contributed by atoms with Crippen molar-refractivity contribution in [3.63, 3.8) is 0 Å². The standard InChI is InChI=1S/C36H27FN2O6S/c1-2-42-35(41)31-32(23-8-4-3-5-9-23)38-36-39(33(31)25-14-17-28-29(18-25)45-21-44-28)34(40)30(46-36)19-24-10-6-7-11-27(24)43-20-22-12-15-26(37)16-13-22/h3-19,33H,2,20-21H2,1H3/b30-19-/t33-/m1/s1. The van der Waals surface area contributed by atoms with Gasteiger partial charge in [0.15, 0.2) is 16.3 Å². The number of thiazole rings is 1. The lowest BCUT2D eigenvalue weighted by molar-refractivity contribution is -0.138. The van der Waals surface area contributed by atoms with Gasteiger partial charge < -0.3 is 18.9 Å². The molecule has 0 saturated carbocycles. The Kier molecular flexibility index (Phi) is 7.94. The zero-order valence-corrected chi connectivity index (χ0v) is 25.5. The van der Waals surface area contributed by atoms with Crippen LogP contribution in [-0.4, -0.2) is 23.9 Å². The third-order valence-corrected chi connectivity index (χ3v) is 8.58. The van der Waals surface area contributed by atoms with Gasteiger partial charge in [0.1, 0.15) is 18.2 Å². The van der Waals surface area contributed by atoms with Gasteiger partial charge in [0.05, 0.1) is 28.5 Å². The van der Waals surface area contributed by atoms with Crippen LogP contribution in [0.4, 0.5) is 4.39 Å². The van der Waals surface area contributed by atoms with E-state index in [-0.39, 0.29) is 37.0 Å². The number of ether oxygens (including phenoxy) is 4. The van der Waals surface area contributed by atoms with Crippen LogP contribution >= 0.6 is 11.3 Å². The van der Waals surface area contributed by atoms with E-state index in [0.717, 1.165) is 5.56 Å². The first-order valence-corrected chi connectivity index (χ1v) is 15.5. The molecule has 1 aromatic heterocycles. The third kappa shape index (κ3) is 5.59. The number of fused-ring (bicyclic) bond motifs is 2. The van der Waals surface area contributed by atoms with E-state index in [0.29, 0.717) is 49.0 Å². The Bertz CT molecular complexity index is 2160. The molecule has 0 spiro atoms. The van der Waals surface area contributed by atoms with Crippen LogP contribution in [0.5, 0.6) is 17.2 Å². The van der Waals surface area contributed by atoms with Gasteiger partial charge in [-0.3, -0.25) is 9.36 Å². The lowest BCUT2D eigenvalue weighted by Gasteiger charge is -2.26. The number of para-hydroxylation sites is 1. The Hall–Kier alpha value is -5.48. The first-order valence-electron chi connectivity index (χ1n) is 14.6. The summed E-state index contributed by atoms with van der Waals surface area (Å²) in [4.78, 5) is 33.3. The smallest absolute Gasteiger partial charge is 0.338 e. The van der Waals surface area contributed by atoms with Crippen molar-refractivity contribution in [1.82, 2.24) is 4.57 Å². The van der Waals surface area contributed by atoms with E-state index in [1.54, 1.807) is 37.3 Å². The van der Waals surface area contributed by atoms with Crippen molar-refractivity contribution in [2.75, 3.05) is 13.4 Å². The van der Waals surface area contributed by atoms with Crippen LogP contribution in [0.15, 0.2) is 112 Å². The number of rotatable bonds is 8. The normalized spacial score (nSPS) is 15.3. The first-order chi connectivity index (χ1) is 22.5. The summed E-state index contributed by atoms with van der Waals surface area (Å²) in [5, 5.41) is 0. The Morgan fingerprint density at radius 1 is 1.00 bits per heavy atom. The summed E-state index contributed by atoms with van der Waals surface area (Å²) in [6, 6.07) is 27.4. The van der Waals surface area contributed by atoms with Crippen molar-refractivity contribution in [3.8, 4) is 17.2 Å². The number of carbonyl (C=O) groups excluding carboxylic acids is 1. The minimum Gasteiger partial charge on any atom is -0.488 e. The topological polar surface area (TPSA) is 88.4 Å². The van der Waals surface area contributed by atoms with Crippen molar-refractivity contribution in [3.05, 3.63) is 150 Å². The number of carbonyl (C=O) groups is 1. The first kappa shape index (κ1) is 29.2. The second-order valence-electron chi connectivity index (χ2n) is 10.5. The number of hydrogen-bond donors (Lipinski definition) is 0. The van der Waals surface area contributed by atoms with Gasteiger partial charge in [0.2, 0.25) is 6.79 Å². The number of nitrogens with zero attached hydrogens (tertiary/aromatic N) is 2. The average molecular weight is 635 g/mol. The molecule has 10 heteroatoms. The van der Waals surface area contributed by atoms with Crippen LogP contribution in [0.2, 0.25) is 0 Å². The van der Waals surface area contributed by atoms with Gasteiger partial charge in [-0.25, -0.2) is 14.2 Å². The maximum absolute atomic E-state index is 14.3. The van der Waals surface area contributed by atoms with Gasteiger partial charge >= 0.3 is 5.97 Å². The van der Waals surface area contributed by atoms with Crippen molar-refractivity contribution in [2.24, 2.45) is 4.99 Å². The molecular weight excluding hydrogens is 607 g/mol. The summed E-state index contributed by atoms with van der Waals surface area (Å²) in [5.41, 5.74) is 3.20. The highest BCUT2D eigenvalue weighted by molar-refractivity contribution is 7.07. The largest absolute Gasteiger partial charge is 0.488 e. The predicted octanol–water partition coefficient (Wildman–Crippen LogP) is 5.38. The minimum absolute atomic E-state index is 0.0834. The molecule has 0 aliphatic carbocycles. The van der Waals surface area contributed by atoms with E-state index in [4.69, 9.17) is 23.9 Å². The molecule has 0 N–H and O–H groups in total. The van der Waals surface area contributed by atoms with Crippen LogP contribution in [0, 0.1) is 5.82 Å². The molecule has 7 rings (SSSR count). The van der Waals surface area contributed by atoms with Gasteiger partial charge in [-0.05, 0) is 54.5 Å². The van der Waals surface area contributed by atoms with E-state index in [2.05, 4.69) is 0 Å². The fourth-order valence-electron chi connectivity index (χ4n) is 5.45. The summed E-state index contributed by atoms with van der Waals surface area (Å²) in [7, 11) is 0. The molecule has 0 bridgehead atoms. The van der Waals surface area contributed by atoms with Crippen LogP contribution in [0.3, 0.4) is 0 Å². The maximum Gasteiger partial charge on any atom is 0.338 e. The fraction of sp³-hybridized carbons (Fsp3) is 0.139. The molecule has 8 nitrogen and oxygen atoms in total. The van der Waals surface area contributed by atoms with Crippen LogP contribution in [0.25, 0.3) is 11.8 Å². The zero-order chi connectivity index (χ0) is 31.6. The lowest BCUT2D eigenvalue weighted by Crippen LogP contribution is -2.40. The number of benzene rings is 4. The second kappa shape index (κ2) is 12.5. The van der Waals surface area contributed by atoms with Crippen molar-refractivity contribution < 1.29 is 28.1 Å². The molecule has 0 radical (unpaired) electrons. The fourth-order valence-corrected chi connectivity index (χ4v) is 6.45. The summed E-state index contributed by atoms with van der Waals surface area (Å²) in [6.45, 7) is 2.19. The highest BCUT2D eigenvalue weighted by Crippen LogP contribution is 2.40. The van der Waals surface area contributed by atoms with E-state index >= 15 is 0 Å². The Labute approximate surface area is 266 Å². The van der Waals surface area contributed by atoms with Crippen molar-refractivity contribution in [1.29, 1.82) is 0 Å². The highest BCUT2D eigenvalue weighted by Gasteiger charge is 2.36. The molecule has 5 aromatic rings. The Morgan fingerprint density at radius 2 is 1.76 bits per heavy atom. The summed E-state index contributed by atoms with van der Waals surface area (Å²) < 4.78 is 38.2. The van der Waals surface area contributed by atoms with E-state index in [9.17, 15) is 14.0 Å². The van der Waals surface area contributed by atoms with E-state index in [1.165, 1.54) is 28.0 Å². The molecule has 0 amide bonds. The Morgan fingerprint density at radius 3 is 2.57 bits per heavy atom. The van der Waals surface area contributed by atoms with Gasteiger partial charge in [-0.1, -0.05) is 78.1 Å². The van der Waals surface area contributed by atoms with Gasteiger partial charge in [-0.15, -0.1) is 0 Å². The number of halogens is 1. The Balaban J connectivity index is 1.39. The molecule has 0 saturated heterocycles. The van der Waals surface area contributed by atoms with Crippen molar-refractivity contribution in [2.45, 2.75) is 19.6 Å². The van der Waals surface area contributed by atoms with Gasteiger partial charge in [0.25, 0.3) is 5.56 Å². The number of aromatic nitrogens is 1. The van der Waals surface area contributed by atoms with Gasteiger partial charge in [0, 0.05) is 11.1 Å². The maximum atomic E-state index is 14.3. The molecule has 3 heterocycles. The third-order valence-electron chi connectivity index (χ3n) is 7.60. The van der Waals surface area contributed by atoms with Crippen LogP contribution in [0.1, 0.15) is 35.2 Å². The monoisotopic (exact) mass is 634 g/mol. The highest BCUT2D eigenvalue weighted by atomic mass is 32.1. The summed E-state index contributed by atoms with van der Waals surface area (Å²) in [5.74, 6) is 0.774. The molecule has 4 aromatic carbocycles. The molecule has 1 atom stereocenters.